The Morgan fingerprint density at radius 3 is 2.52 bits per heavy atom. The zero-order valence-corrected chi connectivity index (χ0v) is 14.1. The van der Waals surface area contributed by atoms with Crippen LogP contribution in [0, 0.1) is 12.7 Å². The normalized spacial score (nSPS) is 12.1. The summed E-state index contributed by atoms with van der Waals surface area (Å²) in [4.78, 5) is 0.160. The zero-order valence-electron chi connectivity index (χ0n) is 13.2. The molecule has 0 aliphatic heterocycles. The van der Waals surface area contributed by atoms with Gasteiger partial charge in [-0.15, -0.1) is 0 Å². The zero-order chi connectivity index (χ0) is 16.0. The van der Waals surface area contributed by atoms with E-state index < -0.39 is 10.0 Å². The fraction of sp³-hybridized carbons (Fsp3) is 0.600. The molecule has 1 aromatic carbocycles. The fourth-order valence-electron chi connectivity index (χ4n) is 2.02. The molecule has 6 heteroatoms. The largest absolute Gasteiger partial charge is 0.313 e. The minimum atomic E-state index is -3.56. The van der Waals surface area contributed by atoms with E-state index in [4.69, 9.17) is 0 Å². The van der Waals surface area contributed by atoms with Crippen LogP contribution in [0.15, 0.2) is 17.0 Å². The van der Waals surface area contributed by atoms with Crippen molar-refractivity contribution in [2.45, 2.75) is 45.1 Å². The second-order valence-corrected chi connectivity index (χ2v) is 7.22. The third-order valence-electron chi connectivity index (χ3n) is 3.40. The van der Waals surface area contributed by atoms with Gasteiger partial charge in [-0.1, -0.05) is 20.3 Å². The first-order valence-electron chi connectivity index (χ1n) is 7.30. The molecule has 0 amide bonds. The number of aryl methyl sites for hydroxylation is 1. The number of benzene rings is 1. The van der Waals surface area contributed by atoms with E-state index in [1.165, 1.54) is 16.4 Å². The molecule has 0 atom stereocenters. The van der Waals surface area contributed by atoms with Crippen LogP contribution in [0.5, 0.6) is 0 Å². The molecule has 0 fully saturated rings. The summed E-state index contributed by atoms with van der Waals surface area (Å²) in [6.07, 6.45) is 1.73. The number of unbranched alkanes of at least 4 members (excludes halogenated alkanes) is 1. The minimum Gasteiger partial charge on any atom is -0.313 e. The van der Waals surface area contributed by atoms with Crippen molar-refractivity contribution >= 4 is 10.0 Å². The summed E-state index contributed by atoms with van der Waals surface area (Å²) in [6.45, 7) is 7.02. The van der Waals surface area contributed by atoms with Crippen LogP contribution >= 0.6 is 0 Å². The van der Waals surface area contributed by atoms with Crippen LogP contribution in [0.3, 0.4) is 0 Å². The lowest BCUT2D eigenvalue weighted by Crippen LogP contribution is -2.28. The third-order valence-corrected chi connectivity index (χ3v) is 5.24. The molecule has 1 rings (SSSR count). The van der Waals surface area contributed by atoms with Crippen LogP contribution < -0.4 is 5.32 Å². The Kier molecular flexibility index (Phi) is 6.77. The average Bonchev–Trinajstić information content (AvgIpc) is 2.45. The second kappa shape index (κ2) is 7.87. The quantitative estimate of drug-likeness (QED) is 0.802. The van der Waals surface area contributed by atoms with Gasteiger partial charge < -0.3 is 5.32 Å². The fourth-order valence-corrected chi connectivity index (χ4v) is 3.37. The smallest absolute Gasteiger partial charge is 0.242 e. The van der Waals surface area contributed by atoms with Crippen LogP contribution in [0.2, 0.25) is 0 Å². The SMILES string of the molecule is CCCCN(C)S(=O)(=O)c1cc(C)c(F)c(CNCC)c1. The van der Waals surface area contributed by atoms with Crippen LogP contribution in [0.1, 0.15) is 37.8 Å². The van der Waals surface area contributed by atoms with Crippen LogP contribution in [-0.2, 0) is 16.6 Å². The Morgan fingerprint density at radius 1 is 1.29 bits per heavy atom. The summed E-state index contributed by atoms with van der Waals surface area (Å²) < 4.78 is 40.4. The van der Waals surface area contributed by atoms with Crippen LogP contribution in [-0.4, -0.2) is 32.9 Å². The van der Waals surface area contributed by atoms with Gasteiger partial charge in [0.1, 0.15) is 5.82 Å². The van der Waals surface area contributed by atoms with Gasteiger partial charge in [0.05, 0.1) is 4.90 Å². The highest BCUT2D eigenvalue weighted by Gasteiger charge is 2.22. The average molecular weight is 316 g/mol. The monoisotopic (exact) mass is 316 g/mol. The Labute approximate surface area is 127 Å². The molecular weight excluding hydrogens is 291 g/mol. The molecule has 0 saturated heterocycles. The molecule has 0 bridgehead atoms. The summed E-state index contributed by atoms with van der Waals surface area (Å²) in [5.74, 6) is -0.342. The highest BCUT2D eigenvalue weighted by molar-refractivity contribution is 7.89. The van der Waals surface area contributed by atoms with Crippen molar-refractivity contribution in [3.05, 3.63) is 29.1 Å². The molecule has 1 N–H and O–H groups in total. The van der Waals surface area contributed by atoms with Gasteiger partial charge >= 0.3 is 0 Å². The van der Waals surface area contributed by atoms with Gasteiger partial charge in [-0.05, 0) is 37.6 Å². The second-order valence-electron chi connectivity index (χ2n) is 5.17. The number of sulfonamides is 1. The van der Waals surface area contributed by atoms with Crippen molar-refractivity contribution < 1.29 is 12.8 Å². The van der Waals surface area contributed by atoms with E-state index in [9.17, 15) is 12.8 Å². The topological polar surface area (TPSA) is 49.4 Å². The molecule has 0 saturated carbocycles. The molecule has 4 nitrogen and oxygen atoms in total. The van der Waals surface area contributed by atoms with Crippen molar-refractivity contribution in [2.75, 3.05) is 20.1 Å². The van der Waals surface area contributed by atoms with Crippen molar-refractivity contribution in [2.24, 2.45) is 0 Å². The molecule has 120 valence electrons. The standard InChI is InChI=1S/C15H25FN2O2S/c1-5-7-8-18(4)21(19,20)14-9-12(3)15(16)13(10-14)11-17-6-2/h9-10,17H,5-8,11H2,1-4H3. The molecule has 0 aliphatic rings. The highest BCUT2D eigenvalue weighted by Crippen LogP contribution is 2.22. The lowest BCUT2D eigenvalue weighted by molar-refractivity contribution is 0.459. The number of hydrogen-bond acceptors (Lipinski definition) is 3. The first kappa shape index (κ1) is 18.1. The summed E-state index contributed by atoms with van der Waals surface area (Å²) >= 11 is 0. The van der Waals surface area contributed by atoms with Crippen LogP contribution in [0.25, 0.3) is 0 Å². The Hall–Kier alpha value is -0.980. The molecule has 0 radical (unpaired) electrons. The van der Waals surface area contributed by atoms with Gasteiger partial charge in [-0.25, -0.2) is 17.1 Å². The Bertz CT molecular complexity index is 573. The van der Waals surface area contributed by atoms with E-state index in [-0.39, 0.29) is 10.7 Å². The Morgan fingerprint density at radius 2 is 1.95 bits per heavy atom. The van der Waals surface area contributed by atoms with Crippen molar-refractivity contribution in [3.63, 3.8) is 0 Å². The molecular formula is C15H25FN2O2S. The third kappa shape index (κ3) is 4.49. The summed E-state index contributed by atoms with van der Waals surface area (Å²) in [5, 5.41) is 3.03. The number of rotatable bonds is 8. The maximum Gasteiger partial charge on any atom is 0.242 e. The predicted molar refractivity (Wildman–Crippen MR) is 83.2 cm³/mol. The minimum absolute atomic E-state index is 0.160. The van der Waals surface area contributed by atoms with Gasteiger partial charge in [0.25, 0.3) is 0 Å². The summed E-state index contributed by atoms with van der Waals surface area (Å²) in [6, 6.07) is 2.84. The summed E-state index contributed by atoms with van der Waals surface area (Å²) in [5.41, 5.74) is 0.743. The van der Waals surface area contributed by atoms with Crippen LogP contribution in [0.4, 0.5) is 4.39 Å². The van der Waals surface area contributed by atoms with E-state index in [1.807, 2.05) is 13.8 Å². The first-order valence-corrected chi connectivity index (χ1v) is 8.74. The molecule has 0 aliphatic carbocycles. The molecule has 0 spiro atoms. The maximum atomic E-state index is 14.0. The maximum absolute atomic E-state index is 14.0. The van der Waals surface area contributed by atoms with Gasteiger partial charge in [-0.3, -0.25) is 0 Å². The lowest BCUT2D eigenvalue weighted by atomic mass is 10.1. The van der Waals surface area contributed by atoms with E-state index >= 15 is 0 Å². The molecule has 0 unspecified atom stereocenters. The van der Waals surface area contributed by atoms with E-state index in [0.29, 0.717) is 30.8 Å². The molecule has 21 heavy (non-hydrogen) atoms. The van der Waals surface area contributed by atoms with Gasteiger partial charge in [0, 0.05) is 25.7 Å². The van der Waals surface area contributed by atoms with Crippen molar-refractivity contribution in [1.82, 2.24) is 9.62 Å². The van der Waals surface area contributed by atoms with Gasteiger partial charge in [0.15, 0.2) is 0 Å². The first-order chi connectivity index (χ1) is 9.84. The number of hydrogen-bond donors (Lipinski definition) is 1. The number of halogens is 1. The van der Waals surface area contributed by atoms with E-state index in [1.54, 1.807) is 14.0 Å². The van der Waals surface area contributed by atoms with Gasteiger partial charge in [-0.2, -0.15) is 0 Å². The van der Waals surface area contributed by atoms with Crippen molar-refractivity contribution in [3.8, 4) is 0 Å². The number of nitrogens with zero attached hydrogens (tertiary/aromatic N) is 1. The van der Waals surface area contributed by atoms with Crippen molar-refractivity contribution in [1.29, 1.82) is 0 Å². The number of nitrogens with one attached hydrogen (secondary N) is 1. The highest BCUT2D eigenvalue weighted by atomic mass is 32.2. The van der Waals surface area contributed by atoms with E-state index in [0.717, 1.165) is 12.8 Å². The predicted octanol–water partition coefficient (Wildman–Crippen LogP) is 2.66. The molecule has 0 heterocycles. The lowest BCUT2D eigenvalue weighted by Gasteiger charge is -2.18. The Balaban J connectivity index is 3.14. The van der Waals surface area contributed by atoms with E-state index in [2.05, 4.69) is 5.32 Å². The summed E-state index contributed by atoms with van der Waals surface area (Å²) in [7, 11) is -2.00. The molecule has 1 aromatic rings. The molecule has 0 aromatic heterocycles. The van der Waals surface area contributed by atoms with Gasteiger partial charge in [0.2, 0.25) is 10.0 Å².